The summed E-state index contributed by atoms with van der Waals surface area (Å²) in [6, 6.07) is 14.3. The molecule has 0 radical (unpaired) electrons. The SMILES string of the molecule is CCCC(=CSc1ccc2ccccc2c1)C(=O)O. The zero-order valence-electron chi connectivity index (χ0n) is 10.8. The minimum Gasteiger partial charge on any atom is -0.478 e. The number of benzene rings is 2. The first-order valence-corrected chi connectivity index (χ1v) is 7.16. The number of aliphatic carboxylic acids is 1. The number of thioether (sulfide) groups is 1. The van der Waals surface area contributed by atoms with Gasteiger partial charge in [0.25, 0.3) is 0 Å². The van der Waals surface area contributed by atoms with E-state index in [1.807, 2.05) is 25.1 Å². The van der Waals surface area contributed by atoms with Gasteiger partial charge >= 0.3 is 5.97 Å². The topological polar surface area (TPSA) is 37.3 Å². The Kier molecular flexibility index (Phi) is 4.63. The Morgan fingerprint density at radius 3 is 2.63 bits per heavy atom. The van der Waals surface area contributed by atoms with Gasteiger partial charge in [-0.2, -0.15) is 0 Å². The van der Waals surface area contributed by atoms with E-state index >= 15 is 0 Å². The monoisotopic (exact) mass is 272 g/mol. The predicted octanol–water partition coefficient (Wildman–Crippen LogP) is 4.70. The largest absolute Gasteiger partial charge is 0.478 e. The van der Waals surface area contributed by atoms with Crippen molar-refractivity contribution in [3.8, 4) is 0 Å². The fourth-order valence-electron chi connectivity index (χ4n) is 1.87. The van der Waals surface area contributed by atoms with Gasteiger partial charge in [0.2, 0.25) is 0 Å². The maximum Gasteiger partial charge on any atom is 0.332 e. The second kappa shape index (κ2) is 6.43. The van der Waals surface area contributed by atoms with Crippen molar-refractivity contribution >= 4 is 28.5 Å². The number of fused-ring (bicyclic) bond motifs is 1. The number of hydrogen-bond acceptors (Lipinski definition) is 2. The van der Waals surface area contributed by atoms with Crippen molar-refractivity contribution < 1.29 is 9.90 Å². The fourth-order valence-corrected chi connectivity index (χ4v) is 2.70. The molecule has 0 atom stereocenters. The first-order chi connectivity index (χ1) is 9.20. The number of carboxylic acids is 1. The molecule has 0 saturated heterocycles. The van der Waals surface area contributed by atoms with Gasteiger partial charge in [0.15, 0.2) is 0 Å². The maximum absolute atomic E-state index is 11.0. The van der Waals surface area contributed by atoms with Gasteiger partial charge in [-0.1, -0.05) is 55.4 Å². The lowest BCUT2D eigenvalue weighted by Gasteiger charge is -2.02. The molecule has 3 heteroatoms. The molecule has 0 saturated carbocycles. The molecule has 2 rings (SSSR count). The molecule has 19 heavy (non-hydrogen) atoms. The lowest BCUT2D eigenvalue weighted by atomic mass is 10.1. The van der Waals surface area contributed by atoms with E-state index in [2.05, 4.69) is 24.3 Å². The Balaban J connectivity index is 2.21. The summed E-state index contributed by atoms with van der Waals surface area (Å²) in [6.45, 7) is 1.98. The fraction of sp³-hybridized carbons (Fsp3) is 0.188. The van der Waals surface area contributed by atoms with Crippen LogP contribution in [0.4, 0.5) is 0 Å². The third-order valence-electron chi connectivity index (χ3n) is 2.85. The number of carbonyl (C=O) groups is 1. The molecular weight excluding hydrogens is 256 g/mol. The van der Waals surface area contributed by atoms with E-state index in [4.69, 9.17) is 5.11 Å². The van der Waals surface area contributed by atoms with Crippen molar-refractivity contribution in [1.29, 1.82) is 0 Å². The molecule has 0 fully saturated rings. The van der Waals surface area contributed by atoms with Crippen molar-refractivity contribution in [3.63, 3.8) is 0 Å². The quantitative estimate of drug-likeness (QED) is 0.633. The van der Waals surface area contributed by atoms with Crippen LogP contribution in [0.1, 0.15) is 19.8 Å². The summed E-state index contributed by atoms with van der Waals surface area (Å²) >= 11 is 1.47. The first-order valence-electron chi connectivity index (χ1n) is 6.28. The van der Waals surface area contributed by atoms with Crippen molar-refractivity contribution in [2.24, 2.45) is 0 Å². The summed E-state index contributed by atoms with van der Waals surface area (Å²) in [6.07, 6.45) is 1.45. The number of rotatable bonds is 5. The van der Waals surface area contributed by atoms with E-state index in [9.17, 15) is 4.79 Å². The molecule has 2 aromatic rings. The minimum atomic E-state index is -0.824. The summed E-state index contributed by atoms with van der Waals surface area (Å²) in [5.41, 5.74) is 0.473. The Hall–Kier alpha value is -1.74. The zero-order chi connectivity index (χ0) is 13.7. The molecule has 2 aromatic carbocycles. The van der Waals surface area contributed by atoms with Crippen molar-refractivity contribution in [2.45, 2.75) is 24.7 Å². The van der Waals surface area contributed by atoms with Gasteiger partial charge in [0.1, 0.15) is 0 Å². The highest BCUT2D eigenvalue weighted by Crippen LogP contribution is 2.26. The van der Waals surface area contributed by atoms with Gasteiger partial charge in [-0.05, 0) is 34.7 Å². The Bertz CT molecular complexity index is 617. The second-order valence-corrected chi connectivity index (χ2v) is 5.27. The highest BCUT2D eigenvalue weighted by molar-refractivity contribution is 8.02. The van der Waals surface area contributed by atoms with Crippen LogP contribution in [0.15, 0.2) is 58.3 Å². The lowest BCUT2D eigenvalue weighted by Crippen LogP contribution is -1.99. The molecule has 1 N–H and O–H groups in total. The zero-order valence-corrected chi connectivity index (χ0v) is 11.6. The van der Waals surface area contributed by atoms with Crippen LogP contribution in [-0.4, -0.2) is 11.1 Å². The molecule has 98 valence electrons. The van der Waals surface area contributed by atoms with Gasteiger partial charge in [-0.3, -0.25) is 0 Å². The van der Waals surface area contributed by atoms with E-state index in [-0.39, 0.29) is 0 Å². The molecule has 0 spiro atoms. The molecule has 0 amide bonds. The van der Waals surface area contributed by atoms with Gasteiger partial charge in [-0.15, -0.1) is 0 Å². The van der Waals surface area contributed by atoms with Crippen LogP contribution in [-0.2, 0) is 4.79 Å². The van der Waals surface area contributed by atoms with Gasteiger partial charge in [0.05, 0.1) is 0 Å². The van der Waals surface area contributed by atoms with Gasteiger partial charge in [-0.25, -0.2) is 4.79 Å². The Morgan fingerprint density at radius 2 is 1.95 bits per heavy atom. The van der Waals surface area contributed by atoms with Crippen LogP contribution in [0.3, 0.4) is 0 Å². The van der Waals surface area contributed by atoms with Crippen LogP contribution >= 0.6 is 11.8 Å². The minimum absolute atomic E-state index is 0.473. The Morgan fingerprint density at radius 1 is 1.21 bits per heavy atom. The van der Waals surface area contributed by atoms with Gasteiger partial charge in [0, 0.05) is 10.5 Å². The Labute approximate surface area is 117 Å². The molecule has 0 heterocycles. The smallest absolute Gasteiger partial charge is 0.332 e. The standard InChI is InChI=1S/C16H16O2S/c1-2-5-14(16(17)18)11-19-15-9-8-12-6-3-4-7-13(12)10-15/h3-4,6-11H,2,5H2,1H3,(H,17,18). The summed E-state index contributed by atoms with van der Waals surface area (Å²) < 4.78 is 0. The van der Waals surface area contributed by atoms with Crippen LogP contribution in [0, 0.1) is 0 Å². The van der Waals surface area contributed by atoms with Crippen molar-refractivity contribution in [1.82, 2.24) is 0 Å². The molecule has 0 aliphatic carbocycles. The molecule has 2 nitrogen and oxygen atoms in total. The van der Waals surface area contributed by atoms with Crippen LogP contribution in [0.2, 0.25) is 0 Å². The van der Waals surface area contributed by atoms with E-state index in [0.29, 0.717) is 12.0 Å². The van der Waals surface area contributed by atoms with E-state index in [1.165, 1.54) is 22.5 Å². The lowest BCUT2D eigenvalue weighted by molar-refractivity contribution is -0.132. The van der Waals surface area contributed by atoms with E-state index in [1.54, 1.807) is 5.41 Å². The highest BCUT2D eigenvalue weighted by Gasteiger charge is 2.05. The molecule has 0 unspecified atom stereocenters. The molecule has 0 bridgehead atoms. The molecule has 0 aromatic heterocycles. The van der Waals surface area contributed by atoms with Crippen LogP contribution in [0.25, 0.3) is 10.8 Å². The molecule has 0 aliphatic heterocycles. The van der Waals surface area contributed by atoms with E-state index < -0.39 is 5.97 Å². The normalized spacial score (nSPS) is 11.7. The van der Waals surface area contributed by atoms with Crippen LogP contribution < -0.4 is 0 Å². The second-order valence-electron chi connectivity index (χ2n) is 4.33. The summed E-state index contributed by atoms with van der Waals surface area (Å²) in [5.74, 6) is -0.824. The van der Waals surface area contributed by atoms with Gasteiger partial charge < -0.3 is 5.11 Å². The van der Waals surface area contributed by atoms with Crippen molar-refractivity contribution in [2.75, 3.05) is 0 Å². The third kappa shape index (κ3) is 3.61. The average molecular weight is 272 g/mol. The summed E-state index contributed by atoms with van der Waals surface area (Å²) in [5, 5.41) is 13.2. The maximum atomic E-state index is 11.0. The summed E-state index contributed by atoms with van der Waals surface area (Å²) in [7, 11) is 0. The number of carboxylic acid groups (broad SMARTS) is 1. The first kappa shape index (κ1) is 13.7. The van der Waals surface area contributed by atoms with Crippen molar-refractivity contribution in [3.05, 3.63) is 53.4 Å². The average Bonchev–Trinajstić information content (AvgIpc) is 2.43. The summed E-state index contributed by atoms with van der Waals surface area (Å²) in [4.78, 5) is 12.1. The third-order valence-corrected chi connectivity index (χ3v) is 3.78. The molecule has 0 aliphatic rings. The van der Waals surface area contributed by atoms with E-state index in [0.717, 1.165) is 11.3 Å². The highest BCUT2D eigenvalue weighted by atomic mass is 32.2. The molecular formula is C16H16O2S. The van der Waals surface area contributed by atoms with Crippen LogP contribution in [0.5, 0.6) is 0 Å². The number of hydrogen-bond donors (Lipinski definition) is 1. The predicted molar refractivity (Wildman–Crippen MR) is 80.4 cm³/mol.